The summed E-state index contributed by atoms with van der Waals surface area (Å²) in [5.41, 5.74) is 0.827. The molecule has 0 aromatic heterocycles. The first-order valence-electron chi connectivity index (χ1n) is 5.81. The lowest BCUT2D eigenvalue weighted by atomic mass is 10.0. The van der Waals surface area contributed by atoms with Crippen molar-refractivity contribution in [2.24, 2.45) is 5.92 Å². The summed E-state index contributed by atoms with van der Waals surface area (Å²) in [6.45, 7) is 6.61. The molecule has 96 valence electrons. The molecule has 1 atom stereocenters. The van der Waals surface area contributed by atoms with Crippen LogP contribution in [-0.2, 0) is 0 Å². The molecule has 0 radical (unpaired) electrons. The lowest BCUT2D eigenvalue weighted by Crippen LogP contribution is -2.16. The van der Waals surface area contributed by atoms with Crippen molar-refractivity contribution in [3.63, 3.8) is 0 Å². The van der Waals surface area contributed by atoms with Gasteiger partial charge in [0.15, 0.2) is 0 Å². The molecule has 1 nitrogen and oxygen atoms in total. The fourth-order valence-electron chi connectivity index (χ4n) is 1.58. The Morgan fingerprint density at radius 2 is 1.65 bits per heavy atom. The van der Waals surface area contributed by atoms with E-state index in [0.29, 0.717) is 16.1 Å². The summed E-state index contributed by atoms with van der Waals surface area (Å²) in [4.78, 5) is 0. The zero-order chi connectivity index (χ0) is 13.0. The van der Waals surface area contributed by atoms with Crippen LogP contribution >= 0.6 is 39.1 Å². The van der Waals surface area contributed by atoms with Crippen LogP contribution in [-0.4, -0.2) is 6.04 Å². The first-order valence-corrected chi connectivity index (χ1v) is 7.36. The Morgan fingerprint density at radius 3 is 2.12 bits per heavy atom. The number of halogens is 3. The summed E-state index contributed by atoms with van der Waals surface area (Å²) in [6.07, 6.45) is 2.31. The van der Waals surface area contributed by atoms with E-state index in [-0.39, 0.29) is 0 Å². The van der Waals surface area contributed by atoms with Crippen molar-refractivity contribution in [1.82, 2.24) is 0 Å². The number of hydrogen-bond donors (Lipinski definition) is 1. The van der Waals surface area contributed by atoms with Crippen LogP contribution in [0.15, 0.2) is 16.6 Å². The van der Waals surface area contributed by atoms with Gasteiger partial charge in [0.05, 0.1) is 15.7 Å². The van der Waals surface area contributed by atoms with Gasteiger partial charge in [-0.15, -0.1) is 0 Å². The Kier molecular flexibility index (Phi) is 6.11. The van der Waals surface area contributed by atoms with Crippen LogP contribution in [0.3, 0.4) is 0 Å². The molecule has 0 saturated carbocycles. The third kappa shape index (κ3) is 5.07. The van der Waals surface area contributed by atoms with Gasteiger partial charge in [-0.25, -0.2) is 0 Å². The highest BCUT2D eigenvalue weighted by Gasteiger charge is 2.10. The summed E-state index contributed by atoms with van der Waals surface area (Å²) < 4.78 is 0.896. The maximum atomic E-state index is 6.16. The summed E-state index contributed by atoms with van der Waals surface area (Å²) >= 11 is 15.7. The molecule has 1 unspecified atom stereocenters. The van der Waals surface area contributed by atoms with Crippen LogP contribution in [0, 0.1) is 5.92 Å². The molecular formula is C13H18BrCl2N. The predicted molar refractivity (Wildman–Crippen MR) is 81.3 cm³/mol. The van der Waals surface area contributed by atoms with Gasteiger partial charge in [0.1, 0.15) is 0 Å². The number of anilines is 1. The largest absolute Gasteiger partial charge is 0.380 e. The normalized spacial score (nSPS) is 12.9. The van der Waals surface area contributed by atoms with Gasteiger partial charge >= 0.3 is 0 Å². The summed E-state index contributed by atoms with van der Waals surface area (Å²) in [6, 6.07) is 4.07. The molecule has 4 heteroatoms. The molecule has 1 aromatic rings. The van der Waals surface area contributed by atoms with Crippen molar-refractivity contribution in [2.75, 3.05) is 5.32 Å². The molecule has 0 aliphatic carbocycles. The van der Waals surface area contributed by atoms with Gasteiger partial charge in [0.2, 0.25) is 0 Å². The standard InChI is InChI=1S/C13H18BrCl2N/c1-8(2)4-5-9(3)17-13-11(15)6-10(14)7-12(13)16/h6-9,17H,4-5H2,1-3H3. The molecule has 0 spiro atoms. The van der Waals surface area contributed by atoms with Crippen LogP contribution in [0.25, 0.3) is 0 Å². The predicted octanol–water partition coefficient (Wildman–Crippen LogP) is 5.99. The molecule has 1 N–H and O–H groups in total. The third-order valence-corrected chi connectivity index (χ3v) is 3.63. The van der Waals surface area contributed by atoms with E-state index < -0.39 is 0 Å². The van der Waals surface area contributed by atoms with E-state index in [9.17, 15) is 0 Å². The molecule has 0 aliphatic heterocycles. The molecule has 17 heavy (non-hydrogen) atoms. The minimum absolute atomic E-state index is 0.369. The lowest BCUT2D eigenvalue weighted by molar-refractivity contribution is 0.528. The van der Waals surface area contributed by atoms with Crippen LogP contribution < -0.4 is 5.32 Å². The summed E-state index contributed by atoms with van der Waals surface area (Å²) in [5, 5.41) is 4.68. The molecule has 0 bridgehead atoms. The zero-order valence-electron chi connectivity index (χ0n) is 10.4. The molecule has 0 fully saturated rings. The maximum absolute atomic E-state index is 6.16. The number of nitrogens with one attached hydrogen (secondary N) is 1. The Labute approximate surface area is 122 Å². The SMILES string of the molecule is CC(C)CCC(C)Nc1c(Cl)cc(Br)cc1Cl. The molecule has 0 amide bonds. The van der Waals surface area contributed by atoms with Crippen molar-refractivity contribution in [1.29, 1.82) is 0 Å². The van der Waals surface area contributed by atoms with Crippen molar-refractivity contribution in [3.05, 3.63) is 26.7 Å². The van der Waals surface area contributed by atoms with Gasteiger partial charge in [0, 0.05) is 10.5 Å². The average Bonchev–Trinajstić information content (AvgIpc) is 2.20. The minimum atomic E-state index is 0.369. The van der Waals surface area contributed by atoms with Crippen molar-refractivity contribution < 1.29 is 0 Å². The highest BCUT2D eigenvalue weighted by molar-refractivity contribution is 9.10. The van der Waals surface area contributed by atoms with Gasteiger partial charge < -0.3 is 5.32 Å². The van der Waals surface area contributed by atoms with E-state index in [1.54, 1.807) is 0 Å². The third-order valence-electron chi connectivity index (χ3n) is 2.57. The Morgan fingerprint density at radius 1 is 1.12 bits per heavy atom. The molecule has 0 heterocycles. The maximum Gasteiger partial charge on any atom is 0.0721 e. The lowest BCUT2D eigenvalue weighted by Gasteiger charge is -2.18. The second kappa shape index (κ2) is 6.86. The highest BCUT2D eigenvalue weighted by Crippen LogP contribution is 2.34. The fraction of sp³-hybridized carbons (Fsp3) is 0.538. The van der Waals surface area contributed by atoms with E-state index in [1.807, 2.05) is 12.1 Å². The quantitative estimate of drug-likeness (QED) is 0.694. The monoisotopic (exact) mass is 337 g/mol. The molecule has 1 aromatic carbocycles. The second-order valence-electron chi connectivity index (χ2n) is 4.76. The van der Waals surface area contributed by atoms with E-state index in [1.165, 1.54) is 6.42 Å². The Balaban J connectivity index is 2.68. The zero-order valence-corrected chi connectivity index (χ0v) is 13.5. The van der Waals surface area contributed by atoms with E-state index in [2.05, 4.69) is 42.0 Å². The molecule has 0 saturated heterocycles. The van der Waals surface area contributed by atoms with Gasteiger partial charge in [-0.1, -0.05) is 53.0 Å². The second-order valence-corrected chi connectivity index (χ2v) is 6.49. The van der Waals surface area contributed by atoms with E-state index >= 15 is 0 Å². The van der Waals surface area contributed by atoms with E-state index in [4.69, 9.17) is 23.2 Å². The van der Waals surface area contributed by atoms with Crippen LogP contribution in [0.1, 0.15) is 33.6 Å². The molecule has 0 aliphatic rings. The van der Waals surface area contributed by atoms with Gasteiger partial charge in [-0.3, -0.25) is 0 Å². The topological polar surface area (TPSA) is 12.0 Å². The first-order chi connectivity index (χ1) is 7.90. The average molecular weight is 339 g/mol. The van der Waals surface area contributed by atoms with Crippen molar-refractivity contribution in [2.45, 2.75) is 39.7 Å². The van der Waals surface area contributed by atoms with Gasteiger partial charge in [0.25, 0.3) is 0 Å². The van der Waals surface area contributed by atoms with Gasteiger partial charge in [-0.2, -0.15) is 0 Å². The summed E-state index contributed by atoms with van der Waals surface area (Å²) in [7, 11) is 0. The Hall–Kier alpha value is 0.0800. The van der Waals surface area contributed by atoms with Crippen LogP contribution in [0.5, 0.6) is 0 Å². The number of hydrogen-bond acceptors (Lipinski definition) is 1. The Bertz CT molecular complexity index is 357. The van der Waals surface area contributed by atoms with Crippen LogP contribution in [0.2, 0.25) is 10.0 Å². The van der Waals surface area contributed by atoms with Gasteiger partial charge in [-0.05, 0) is 37.8 Å². The van der Waals surface area contributed by atoms with E-state index in [0.717, 1.165) is 22.5 Å². The minimum Gasteiger partial charge on any atom is -0.380 e. The van der Waals surface area contributed by atoms with Crippen LogP contribution in [0.4, 0.5) is 5.69 Å². The molecule has 1 rings (SSSR count). The fourth-order valence-corrected chi connectivity index (χ4v) is 2.90. The molecular weight excluding hydrogens is 321 g/mol. The smallest absolute Gasteiger partial charge is 0.0721 e. The van der Waals surface area contributed by atoms with Crippen molar-refractivity contribution in [3.8, 4) is 0 Å². The first kappa shape index (κ1) is 15.1. The number of benzene rings is 1. The van der Waals surface area contributed by atoms with Crippen molar-refractivity contribution >= 4 is 44.8 Å². The highest BCUT2D eigenvalue weighted by atomic mass is 79.9. The summed E-state index contributed by atoms with van der Waals surface area (Å²) in [5.74, 6) is 0.718. The number of rotatable bonds is 5.